The van der Waals surface area contributed by atoms with E-state index in [1.165, 1.54) is 29.7 Å². The zero-order valence-corrected chi connectivity index (χ0v) is 18.6. The van der Waals surface area contributed by atoms with Gasteiger partial charge in [0.05, 0.1) is 22.4 Å². The molecule has 0 spiro atoms. The highest BCUT2D eigenvalue weighted by molar-refractivity contribution is 7.98. The first-order valence-electron chi connectivity index (χ1n) is 9.71. The first-order chi connectivity index (χ1) is 14.1. The zero-order valence-electron chi connectivity index (χ0n) is 17.0. The second kappa shape index (κ2) is 8.20. The maximum Gasteiger partial charge on any atom is 0.142 e. The lowest BCUT2D eigenvalue weighted by Crippen LogP contribution is -1.97. The van der Waals surface area contributed by atoms with Crippen molar-refractivity contribution in [2.24, 2.45) is 0 Å². The molecular weight excluding hydrogens is 400 g/mol. The van der Waals surface area contributed by atoms with Crippen LogP contribution in [0.2, 0.25) is 0 Å². The van der Waals surface area contributed by atoms with Crippen molar-refractivity contribution in [1.29, 1.82) is 0 Å². The number of nitrogens with zero attached hydrogens (tertiary/aromatic N) is 4. The number of hydrogen-bond donors (Lipinski definition) is 2. The Balaban J connectivity index is 0.000000142. The molecule has 152 valence electrons. The van der Waals surface area contributed by atoms with Crippen LogP contribution in [0.25, 0.3) is 11.0 Å². The standard InChI is InChI=1S/C11H13N3S.C10H13N3S/c1-15-11-10(12)9-6-5-7-3-2-4-8(7)14(9)13-11;1-3-7-5-4-6-13-9(7)8(11)10(12-13)14-2/h5-6H,2-4,12H2,1H3;4-6H,3,11H2,1-2H3. The Morgan fingerprint density at radius 2 is 1.76 bits per heavy atom. The topological polar surface area (TPSA) is 86.6 Å². The van der Waals surface area contributed by atoms with Crippen LogP contribution in [0, 0.1) is 0 Å². The van der Waals surface area contributed by atoms with Gasteiger partial charge in [-0.15, -0.1) is 23.5 Å². The third kappa shape index (κ3) is 3.44. The molecule has 0 saturated heterocycles. The first-order valence-corrected chi connectivity index (χ1v) is 12.2. The molecule has 4 aromatic heterocycles. The summed E-state index contributed by atoms with van der Waals surface area (Å²) in [6.07, 6.45) is 10.5. The Labute approximate surface area is 179 Å². The van der Waals surface area contributed by atoms with Crippen molar-refractivity contribution in [1.82, 2.24) is 19.2 Å². The van der Waals surface area contributed by atoms with Gasteiger partial charge >= 0.3 is 0 Å². The Bertz CT molecular complexity index is 1180. The molecule has 0 radical (unpaired) electrons. The fourth-order valence-electron chi connectivity index (χ4n) is 3.90. The van der Waals surface area contributed by atoms with E-state index in [9.17, 15) is 0 Å². The predicted molar refractivity (Wildman–Crippen MR) is 124 cm³/mol. The highest BCUT2D eigenvalue weighted by atomic mass is 32.2. The monoisotopic (exact) mass is 426 g/mol. The SMILES string of the molecule is CCc1cccn2nc(SC)c(N)c12.CSc1nn2c3c(ccc2c1N)CCC3. The molecule has 0 aliphatic heterocycles. The lowest BCUT2D eigenvalue weighted by atomic mass is 10.2. The molecule has 1 aliphatic carbocycles. The number of nitrogens with two attached hydrogens (primary N) is 2. The summed E-state index contributed by atoms with van der Waals surface area (Å²) in [7, 11) is 0. The van der Waals surface area contributed by atoms with Crippen molar-refractivity contribution in [3.8, 4) is 0 Å². The summed E-state index contributed by atoms with van der Waals surface area (Å²) >= 11 is 3.19. The van der Waals surface area contributed by atoms with Crippen LogP contribution < -0.4 is 11.5 Å². The molecule has 0 amide bonds. The smallest absolute Gasteiger partial charge is 0.142 e. The van der Waals surface area contributed by atoms with Gasteiger partial charge in [0.25, 0.3) is 0 Å². The van der Waals surface area contributed by atoms with Gasteiger partial charge in [0, 0.05) is 11.9 Å². The summed E-state index contributed by atoms with van der Waals surface area (Å²) < 4.78 is 3.89. The number of aromatic nitrogens is 4. The van der Waals surface area contributed by atoms with Gasteiger partial charge in [0.1, 0.15) is 10.1 Å². The van der Waals surface area contributed by atoms with E-state index in [1.54, 1.807) is 23.5 Å². The maximum atomic E-state index is 6.04. The van der Waals surface area contributed by atoms with Crippen molar-refractivity contribution < 1.29 is 0 Å². The highest BCUT2D eigenvalue weighted by Crippen LogP contribution is 2.31. The van der Waals surface area contributed by atoms with Gasteiger partial charge in [0.2, 0.25) is 0 Å². The predicted octanol–water partition coefficient (Wildman–Crippen LogP) is 4.33. The summed E-state index contributed by atoms with van der Waals surface area (Å²) in [5.41, 5.74) is 19.8. The average molecular weight is 427 g/mol. The molecule has 0 atom stereocenters. The van der Waals surface area contributed by atoms with Gasteiger partial charge in [-0.2, -0.15) is 10.2 Å². The van der Waals surface area contributed by atoms with E-state index in [0.29, 0.717) is 0 Å². The minimum absolute atomic E-state index is 0.801. The van der Waals surface area contributed by atoms with E-state index in [2.05, 4.69) is 35.3 Å². The average Bonchev–Trinajstić information content (AvgIpc) is 3.44. The molecule has 6 nitrogen and oxygen atoms in total. The summed E-state index contributed by atoms with van der Waals surface area (Å²) in [6, 6.07) is 8.38. The van der Waals surface area contributed by atoms with Crippen molar-refractivity contribution in [3.63, 3.8) is 0 Å². The fourth-order valence-corrected chi connectivity index (χ4v) is 4.88. The molecule has 8 heteroatoms. The zero-order chi connectivity index (χ0) is 20.5. The quantitative estimate of drug-likeness (QED) is 0.474. The van der Waals surface area contributed by atoms with E-state index in [-0.39, 0.29) is 0 Å². The Morgan fingerprint density at radius 1 is 1.00 bits per heavy atom. The maximum absolute atomic E-state index is 6.04. The Hall–Kier alpha value is -2.32. The number of pyridine rings is 2. The molecule has 1 aliphatic rings. The van der Waals surface area contributed by atoms with Crippen molar-refractivity contribution >= 4 is 45.9 Å². The van der Waals surface area contributed by atoms with Crippen LogP contribution in [-0.2, 0) is 19.3 Å². The van der Waals surface area contributed by atoms with Gasteiger partial charge in [-0.1, -0.05) is 19.1 Å². The number of hydrogen-bond acceptors (Lipinski definition) is 6. The highest BCUT2D eigenvalue weighted by Gasteiger charge is 2.18. The second-order valence-corrected chi connectivity index (χ2v) is 8.57. The van der Waals surface area contributed by atoms with E-state index in [4.69, 9.17) is 11.5 Å². The molecule has 4 aromatic rings. The number of fused-ring (bicyclic) bond motifs is 4. The number of thioether (sulfide) groups is 2. The number of anilines is 2. The molecule has 0 fully saturated rings. The van der Waals surface area contributed by atoms with Crippen LogP contribution >= 0.6 is 23.5 Å². The molecular formula is C21H26N6S2. The summed E-state index contributed by atoms with van der Waals surface area (Å²) in [6.45, 7) is 2.13. The van der Waals surface area contributed by atoms with Crippen molar-refractivity contribution in [2.45, 2.75) is 42.7 Å². The summed E-state index contributed by atoms with van der Waals surface area (Å²) in [5, 5.41) is 10.8. The Morgan fingerprint density at radius 3 is 2.48 bits per heavy atom. The summed E-state index contributed by atoms with van der Waals surface area (Å²) in [4.78, 5) is 0. The number of nitrogen functional groups attached to an aromatic ring is 2. The molecule has 0 saturated carbocycles. The van der Waals surface area contributed by atoms with Gasteiger partial charge < -0.3 is 11.5 Å². The van der Waals surface area contributed by atoms with Crippen molar-refractivity contribution in [3.05, 3.63) is 47.3 Å². The van der Waals surface area contributed by atoms with E-state index >= 15 is 0 Å². The summed E-state index contributed by atoms with van der Waals surface area (Å²) in [5.74, 6) is 0. The van der Waals surface area contributed by atoms with E-state index in [1.807, 2.05) is 33.8 Å². The van der Waals surface area contributed by atoms with Gasteiger partial charge in [-0.3, -0.25) is 0 Å². The molecule has 5 rings (SSSR count). The van der Waals surface area contributed by atoms with Crippen molar-refractivity contribution in [2.75, 3.05) is 24.0 Å². The molecule has 0 aromatic carbocycles. The lowest BCUT2D eigenvalue weighted by Gasteiger charge is -2.01. The molecule has 0 bridgehead atoms. The molecule has 29 heavy (non-hydrogen) atoms. The minimum Gasteiger partial charge on any atom is -0.395 e. The largest absolute Gasteiger partial charge is 0.395 e. The van der Waals surface area contributed by atoms with Gasteiger partial charge in [-0.25, -0.2) is 9.03 Å². The normalized spacial score (nSPS) is 12.9. The third-order valence-electron chi connectivity index (χ3n) is 5.36. The lowest BCUT2D eigenvalue weighted by molar-refractivity contribution is 0.819. The van der Waals surface area contributed by atoms with Crippen LogP contribution in [0.5, 0.6) is 0 Å². The molecule has 0 unspecified atom stereocenters. The van der Waals surface area contributed by atoms with Crippen LogP contribution in [-0.4, -0.2) is 31.7 Å². The second-order valence-electron chi connectivity index (χ2n) is 6.98. The van der Waals surface area contributed by atoms with E-state index in [0.717, 1.165) is 45.3 Å². The minimum atomic E-state index is 0.801. The Kier molecular flexibility index (Phi) is 5.65. The van der Waals surface area contributed by atoms with Crippen LogP contribution in [0.15, 0.2) is 40.5 Å². The van der Waals surface area contributed by atoms with Crippen LogP contribution in [0.3, 0.4) is 0 Å². The van der Waals surface area contributed by atoms with Gasteiger partial charge in [0.15, 0.2) is 0 Å². The van der Waals surface area contributed by atoms with E-state index < -0.39 is 0 Å². The van der Waals surface area contributed by atoms with Crippen LogP contribution in [0.1, 0.15) is 30.2 Å². The fraction of sp³-hybridized carbons (Fsp3) is 0.333. The third-order valence-corrected chi connectivity index (χ3v) is 6.74. The first kappa shape index (κ1) is 20.0. The number of aryl methyl sites for hydroxylation is 3. The molecule has 4 heterocycles. The number of rotatable bonds is 3. The van der Waals surface area contributed by atoms with Gasteiger partial charge in [-0.05, 0) is 61.5 Å². The van der Waals surface area contributed by atoms with Crippen LogP contribution in [0.4, 0.5) is 11.4 Å². The molecule has 4 N–H and O–H groups in total.